The zero-order chi connectivity index (χ0) is 10.7. The van der Waals surface area contributed by atoms with Crippen LogP contribution in [-0.4, -0.2) is 11.3 Å². The maximum atomic E-state index is 13.2. The van der Waals surface area contributed by atoms with Gasteiger partial charge in [-0.05, 0) is 0 Å². The standard InChI is InChI=1S/C8H5ClF3NO/c9-1-6-5(3-14)7(10)4(2-13-6)8(11)12/h2-3,8H,1H2. The minimum Gasteiger partial charge on any atom is -0.298 e. The average Bonchev–Trinajstić information content (AvgIpc) is 2.16. The zero-order valence-corrected chi connectivity index (χ0v) is 7.56. The van der Waals surface area contributed by atoms with Gasteiger partial charge in [-0.2, -0.15) is 0 Å². The lowest BCUT2D eigenvalue weighted by Crippen LogP contribution is -2.03. The highest BCUT2D eigenvalue weighted by atomic mass is 35.5. The molecule has 0 aliphatic rings. The number of aldehydes is 1. The van der Waals surface area contributed by atoms with Gasteiger partial charge in [0.2, 0.25) is 0 Å². The third-order valence-corrected chi connectivity index (χ3v) is 1.89. The lowest BCUT2D eigenvalue weighted by atomic mass is 10.1. The second-order valence-electron chi connectivity index (χ2n) is 2.44. The average molecular weight is 224 g/mol. The number of alkyl halides is 3. The molecule has 0 atom stereocenters. The zero-order valence-electron chi connectivity index (χ0n) is 6.81. The molecule has 0 radical (unpaired) electrons. The maximum Gasteiger partial charge on any atom is 0.268 e. The Labute approximate surface area is 82.7 Å². The van der Waals surface area contributed by atoms with Crippen molar-refractivity contribution in [2.75, 3.05) is 0 Å². The van der Waals surface area contributed by atoms with Gasteiger partial charge >= 0.3 is 0 Å². The molecule has 0 aliphatic heterocycles. The predicted octanol–water partition coefficient (Wildman–Crippen LogP) is 2.71. The third kappa shape index (κ3) is 1.87. The topological polar surface area (TPSA) is 30.0 Å². The van der Waals surface area contributed by atoms with E-state index in [0.29, 0.717) is 6.20 Å². The van der Waals surface area contributed by atoms with Gasteiger partial charge < -0.3 is 0 Å². The highest BCUT2D eigenvalue weighted by molar-refractivity contribution is 6.17. The molecule has 1 rings (SSSR count). The number of hydrogen-bond donors (Lipinski definition) is 0. The Morgan fingerprint density at radius 1 is 1.57 bits per heavy atom. The van der Waals surface area contributed by atoms with Crippen molar-refractivity contribution < 1.29 is 18.0 Å². The first-order valence-corrected chi connectivity index (χ1v) is 4.11. The van der Waals surface area contributed by atoms with Crippen molar-refractivity contribution in [2.45, 2.75) is 12.3 Å². The van der Waals surface area contributed by atoms with Crippen molar-refractivity contribution in [2.24, 2.45) is 0 Å². The van der Waals surface area contributed by atoms with Gasteiger partial charge in [0.05, 0.1) is 22.7 Å². The van der Waals surface area contributed by atoms with Crippen LogP contribution in [-0.2, 0) is 5.88 Å². The molecule has 0 N–H and O–H groups in total. The summed E-state index contributed by atoms with van der Waals surface area (Å²) in [4.78, 5) is 13.9. The molecule has 0 aromatic carbocycles. The van der Waals surface area contributed by atoms with Gasteiger partial charge in [-0.1, -0.05) is 0 Å². The number of halogens is 4. The van der Waals surface area contributed by atoms with E-state index >= 15 is 0 Å². The first-order valence-electron chi connectivity index (χ1n) is 3.58. The minimum atomic E-state index is -2.99. The summed E-state index contributed by atoms with van der Waals surface area (Å²) in [6, 6.07) is 0. The van der Waals surface area contributed by atoms with Crippen LogP contribution in [0.15, 0.2) is 6.20 Å². The molecule has 0 saturated carbocycles. The summed E-state index contributed by atoms with van der Waals surface area (Å²) in [7, 11) is 0. The fourth-order valence-electron chi connectivity index (χ4n) is 0.934. The normalized spacial score (nSPS) is 10.6. The van der Waals surface area contributed by atoms with Crippen LogP contribution in [0.4, 0.5) is 13.2 Å². The van der Waals surface area contributed by atoms with Gasteiger partial charge in [-0.15, -0.1) is 11.6 Å². The minimum absolute atomic E-state index is 0.0384. The van der Waals surface area contributed by atoms with Crippen molar-refractivity contribution in [1.82, 2.24) is 4.98 Å². The van der Waals surface area contributed by atoms with Crippen LogP contribution in [0.5, 0.6) is 0 Å². The van der Waals surface area contributed by atoms with Crippen LogP contribution < -0.4 is 0 Å². The summed E-state index contributed by atoms with van der Waals surface area (Å²) in [5.74, 6) is -1.45. The predicted molar refractivity (Wildman–Crippen MR) is 44.1 cm³/mol. The molecule has 6 heteroatoms. The summed E-state index contributed by atoms with van der Waals surface area (Å²) in [6.45, 7) is 0. The Kier molecular flexibility index (Phi) is 3.46. The number of nitrogens with zero attached hydrogens (tertiary/aromatic N) is 1. The Morgan fingerprint density at radius 2 is 2.21 bits per heavy atom. The molecule has 0 fully saturated rings. The molecular weight excluding hydrogens is 219 g/mol. The molecule has 0 unspecified atom stereocenters. The second-order valence-corrected chi connectivity index (χ2v) is 2.71. The number of carbonyl (C=O) groups is 1. The van der Waals surface area contributed by atoms with Crippen molar-refractivity contribution in [3.63, 3.8) is 0 Å². The molecule has 14 heavy (non-hydrogen) atoms. The lowest BCUT2D eigenvalue weighted by molar-refractivity contribution is 0.111. The molecule has 1 aromatic rings. The SMILES string of the molecule is O=Cc1c(CCl)ncc(C(F)F)c1F. The first-order chi connectivity index (χ1) is 6.61. The summed E-state index contributed by atoms with van der Waals surface area (Å²) < 4.78 is 37.5. The number of hydrogen-bond acceptors (Lipinski definition) is 2. The van der Waals surface area contributed by atoms with Crippen LogP contribution in [0.2, 0.25) is 0 Å². The van der Waals surface area contributed by atoms with Crippen molar-refractivity contribution in [3.05, 3.63) is 28.8 Å². The van der Waals surface area contributed by atoms with Crippen molar-refractivity contribution >= 4 is 17.9 Å². The van der Waals surface area contributed by atoms with E-state index in [1.807, 2.05) is 0 Å². The van der Waals surface area contributed by atoms with Crippen LogP contribution in [0, 0.1) is 5.82 Å². The van der Waals surface area contributed by atoms with Crippen molar-refractivity contribution in [1.29, 1.82) is 0 Å². The van der Waals surface area contributed by atoms with E-state index in [1.54, 1.807) is 0 Å². The molecule has 1 aromatic heterocycles. The number of pyridine rings is 1. The quantitative estimate of drug-likeness (QED) is 0.583. The van der Waals surface area contributed by atoms with Gasteiger partial charge in [-0.3, -0.25) is 9.78 Å². The monoisotopic (exact) mass is 223 g/mol. The molecule has 0 bridgehead atoms. The Hall–Kier alpha value is -1.10. The van der Waals surface area contributed by atoms with Gasteiger partial charge in [0.25, 0.3) is 6.43 Å². The van der Waals surface area contributed by atoms with Crippen LogP contribution in [0.1, 0.15) is 28.0 Å². The van der Waals surface area contributed by atoms with Crippen LogP contribution in [0.3, 0.4) is 0 Å². The van der Waals surface area contributed by atoms with E-state index in [4.69, 9.17) is 11.6 Å². The molecule has 2 nitrogen and oxygen atoms in total. The molecule has 0 saturated heterocycles. The van der Waals surface area contributed by atoms with Gasteiger partial charge in [0, 0.05) is 6.20 Å². The van der Waals surface area contributed by atoms with E-state index in [9.17, 15) is 18.0 Å². The van der Waals surface area contributed by atoms with E-state index in [0.717, 1.165) is 0 Å². The number of rotatable bonds is 3. The molecule has 0 spiro atoms. The van der Waals surface area contributed by atoms with Crippen molar-refractivity contribution in [3.8, 4) is 0 Å². The fourth-order valence-corrected chi connectivity index (χ4v) is 1.15. The smallest absolute Gasteiger partial charge is 0.268 e. The van der Waals surface area contributed by atoms with Gasteiger partial charge in [-0.25, -0.2) is 13.2 Å². The number of aromatic nitrogens is 1. The Bertz CT molecular complexity index is 357. The summed E-state index contributed by atoms with van der Waals surface area (Å²) >= 11 is 5.34. The van der Waals surface area contributed by atoms with Gasteiger partial charge in [0.1, 0.15) is 5.82 Å². The third-order valence-electron chi connectivity index (χ3n) is 1.64. The maximum absolute atomic E-state index is 13.2. The fraction of sp³-hybridized carbons (Fsp3) is 0.250. The van der Waals surface area contributed by atoms with Crippen LogP contribution >= 0.6 is 11.6 Å². The van der Waals surface area contributed by atoms with E-state index < -0.39 is 23.4 Å². The molecule has 1 heterocycles. The van der Waals surface area contributed by atoms with Gasteiger partial charge in [0.15, 0.2) is 6.29 Å². The summed E-state index contributed by atoms with van der Waals surface area (Å²) in [5.41, 5.74) is -1.43. The highest BCUT2D eigenvalue weighted by Gasteiger charge is 2.19. The highest BCUT2D eigenvalue weighted by Crippen LogP contribution is 2.24. The summed E-state index contributed by atoms with van der Waals surface area (Å²) in [5, 5.41) is 0. The van der Waals surface area contributed by atoms with Crippen LogP contribution in [0.25, 0.3) is 0 Å². The molecule has 0 aliphatic carbocycles. The Morgan fingerprint density at radius 3 is 2.64 bits per heavy atom. The number of carbonyl (C=O) groups excluding carboxylic acids is 1. The molecular formula is C8H5ClF3NO. The molecule has 76 valence electrons. The summed E-state index contributed by atoms with van der Waals surface area (Å²) in [6.07, 6.45) is -2.18. The first kappa shape index (κ1) is 11.0. The van der Waals surface area contributed by atoms with E-state index in [-0.39, 0.29) is 17.9 Å². The largest absolute Gasteiger partial charge is 0.298 e. The van der Waals surface area contributed by atoms with E-state index in [1.165, 1.54) is 0 Å². The second kappa shape index (κ2) is 4.41. The lowest BCUT2D eigenvalue weighted by Gasteiger charge is -2.05. The Balaban J connectivity index is 3.34. The van der Waals surface area contributed by atoms with E-state index in [2.05, 4.69) is 4.98 Å². The molecule has 0 amide bonds.